The molecule has 0 aliphatic rings. The van der Waals surface area contributed by atoms with E-state index in [0.717, 1.165) is 9.26 Å². The van der Waals surface area contributed by atoms with E-state index in [1.807, 2.05) is 18.2 Å². The standard InChI is InChI=1S/C12H11ClINO2/c13-9-6-8(14)3-4-10(9)15-7-11(16)12-2-1-5-17-12/h1-6,11,15-16H,7H2. The summed E-state index contributed by atoms with van der Waals surface area (Å²) in [7, 11) is 0. The molecule has 0 aliphatic carbocycles. The Morgan fingerprint density at radius 2 is 2.24 bits per heavy atom. The van der Waals surface area contributed by atoms with Gasteiger partial charge in [0, 0.05) is 10.1 Å². The third-order valence-corrected chi connectivity index (χ3v) is 3.27. The van der Waals surface area contributed by atoms with Gasteiger partial charge in [-0.1, -0.05) is 11.6 Å². The van der Waals surface area contributed by atoms with Crippen LogP contribution in [0.15, 0.2) is 41.0 Å². The SMILES string of the molecule is OC(CNc1ccc(I)cc1Cl)c1ccco1. The molecule has 0 spiro atoms. The molecule has 0 bridgehead atoms. The number of halogens is 2. The fourth-order valence-corrected chi connectivity index (χ4v) is 2.34. The average molecular weight is 364 g/mol. The first-order valence-electron chi connectivity index (χ1n) is 5.07. The predicted octanol–water partition coefficient (Wildman–Crippen LogP) is 3.68. The minimum absolute atomic E-state index is 0.355. The molecule has 0 saturated carbocycles. The van der Waals surface area contributed by atoms with Gasteiger partial charge in [0.25, 0.3) is 0 Å². The van der Waals surface area contributed by atoms with Crippen LogP contribution >= 0.6 is 34.2 Å². The molecule has 0 aliphatic heterocycles. The van der Waals surface area contributed by atoms with Gasteiger partial charge in [0.15, 0.2) is 0 Å². The summed E-state index contributed by atoms with van der Waals surface area (Å²) >= 11 is 8.26. The van der Waals surface area contributed by atoms with Crippen LogP contribution in [0.3, 0.4) is 0 Å². The van der Waals surface area contributed by atoms with Crippen LogP contribution in [-0.2, 0) is 0 Å². The molecular weight excluding hydrogens is 352 g/mol. The number of furan rings is 1. The normalized spacial score (nSPS) is 12.4. The van der Waals surface area contributed by atoms with Gasteiger partial charge in [-0.3, -0.25) is 0 Å². The lowest BCUT2D eigenvalue weighted by atomic mass is 10.2. The molecule has 1 aromatic heterocycles. The lowest BCUT2D eigenvalue weighted by Gasteiger charge is -2.12. The van der Waals surface area contributed by atoms with Gasteiger partial charge in [0.05, 0.1) is 17.0 Å². The quantitative estimate of drug-likeness (QED) is 0.815. The van der Waals surface area contributed by atoms with Crippen molar-refractivity contribution in [2.75, 3.05) is 11.9 Å². The van der Waals surface area contributed by atoms with Gasteiger partial charge in [-0.05, 0) is 52.9 Å². The van der Waals surface area contributed by atoms with Crippen molar-refractivity contribution in [3.05, 3.63) is 50.9 Å². The molecule has 2 rings (SSSR count). The van der Waals surface area contributed by atoms with Crippen LogP contribution in [-0.4, -0.2) is 11.7 Å². The molecular formula is C12H11ClINO2. The van der Waals surface area contributed by atoms with E-state index in [4.69, 9.17) is 16.0 Å². The van der Waals surface area contributed by atoms with E-state index in [-0.39, 0.29) is 0 Å². The second kappa shape index (κ2) is 5.75. The fraction of sp³-hybridized carbons (Fsp3) is 0.167. The highest BCUT2D eigenvalue weighted by Gasteiger charge is 2.10. The van der Waals surface area contributed by atoms with Crippen molar-refractivity contribution in [3.63, 3.8) is 0 Å². The molecule has 1 unspecified atom stereocenters. The summed E-state index contributed by atoms with van der Waals surface area (Å²) in [6, 6.07) is 9.19. The van der Waals surface area contributed by atoms with E-state index in [0.29, 0.717) is 17.3 Å². The first-order valence-corrected chi connectivity index (χ1v) is 6.53. The zero-order chi connectivity index (χ0) is 12.3. The summed E-state index contributed by atoms with van der Waals surface area (Å²) in [4.78, 5) is 0. The summed E-state index contributed by atoms with van der Waals surface area (Å²) in [6.07, 6.45) is 0.858. The fourth-order valence-electron chi connectivity index (χ4n) is 1.42. The number of nitrogens with one attached hydrogen (secondary N) is 1. The molecule has 1 aromatic carbocycles. The number of hydrogen-bond acceptors (Lipinski definition) is 3. The van der Waals surface area contributed by atoms with Crippen LogP contribution in [0.4, 0.5) is 5.69 Å². The topological polar surface area (TPSA) is 45.4 Å². The molecule has 0 saturated heterocycles. The Hall–Kier alpha value is -0.720. The maximum absolute atomic E-state index is 9.82. The van der Waals surface area contributed by atoms with Crippen LogP contribution in [0.25, 0.3) is 0 Å². The minimum Gasteiger partial charge on any atom is -0.467 e. The van der Waals surface area contributed by atoms with Crippen molar-refractivity contribution in [1.29, 1.82) is 0 Å². The molecule has 0 amide bonds. The number of benzene rings is 1. The molecule has 0 radical (unpaired) electrons. The minimum atomic E-state index is -0.680. The second-order valence-electron chi connectivity index (χ2n) is 3.54. The third-order valence-electron chi connectivity index (χ3n) is 2.29. The molecule has 0 fully saturated rings. The van der Waals surface area contributed by atoms with Crippen molar-refractivity contribution in [2.24, 2.45) is 0 Å². The van der Waals surface area contributed by atoms with Gasteiger partial charge in [0.2, 0.25) is 0 Å². The van der Waals surface area contributed by atoms with Crippen LogP contribution in [0.1, 0.15) is 11.9 Å². The Morgan fingerprint density at radius 1 is 1.41 bits per heavy atom. The highest BCUT2D eigenvalue weighted by Crippen LogP contribution is 2.24. The van der Waals surface area contributed by atoms with Crippen molar-refractivity contribution >= 4 is 39.9 Å². The van der Waals surface area contributed by atoms with E-state index >= 15 is 0 Å². The Kier molecular flexibility index (Phi) is 4.31. The Balaban J connectivity index is 1.98. The van der Waals surface area contributed by atoms with Gasteiger partial charge in [-0.15, -0.1) is 0 Å². The zero-order valence-corrected chi connectivity index (χ0v) is 11.8. The first-order chi connectivity index (χ1) is 8.16. The lowest BCUT2D eigenvalue weighted by Crippen LogP contribution is -2.11. The van der Waals surface area contributed by atoms with E-state index < -0.39 is 6.10 Å². The molecule has 1 atom stereocenters. The highest BCUT2D eigenvalue weighted by molar-refractivity contribution is 14.1. The van der Waals surface area contributed by atoms with Crippen LogP contribution in [0.5, 0.6) is 0 Å². The van der Waals surface area contributed by atoms with Gasteiger partial charge in [0.1, 0.15) is 11.9 Å². The lowest BCUT2D eigenvalue weighted by molar-refractivity contribution is 0.162. The van der Waals surface area contributed by atoms with Crippen molar-refractivity contribution in [2.45, 2.75) is 6.10 Å². The predicted molar refractivity (Wildman–Crippen MR) is 76.3 cm³/mol. The van der Waals surface area contributed by atoms with Crippen LogP contribution in [0, 0.1) is 3.57 Å². The maximum Gasteiger partial charge on any atom is 0.134 e. The van der Waals surface area contributed by atoms with Crippen molar-refractivity contribution in [3.8, 4) is 0 Å². The van der Waals surface area contributed by atoms with Gasteiger partial charge in [-0.25, -0.2) is 0 Å². The smallest absolute Gasteiger partial charge is 0.134 e. The third kappa shape index (κ3) is 3.37. The summed E-state index contributed by atoms with van der Waals surface area (Å²) < 4.78 is 6.18. The molecule has 2 N–H and O–H groups in total. The summed E-state index contributed by atoms with van der Waals surface area (Å²) in [5, 5.41) is 13.5. The van der Waals surface area contributed by atoms with Crippen molar-refractivity contribution in [1.82, 2.24) is 0 Å². The molecule has 90 valence electrons. The summed E-state index contributed by atoms with van der Waals surface area (Å²) in [5.41, 5.74) is 0.803. The largest absolute Gasteiger partial charge is 0.467 e. The summed E-state index contributed by atoms with van der Waals surface area (Å²) in [5.74, 6) is 0.541. The Labute approximate surface area is 118 Å². The first kappa shape index (κ1) is 12.7. The monoisotopic (exact) mass is 363 g/mol. The van der Waals surface area contributed by atoms with Gasteiger partial charge >= 0.3 is 0 Å². The number of rotatable bonds is 4. The maximum atomic E-state index is 9.82. The van der Waals surface area contributed by atoms with Crippen molar-refractivity contribution < 1.29 is 9.52 Å². The number of hydrogen-bond donors (Lipinski definition) is 2. The number of aliphatic hydroxyl groups excluding tert-OH is 1. The molecule has 3 nitrogen and oxygen atoms in total. The van der Waals surface area contributed by atoms with E-state index in [2.05, 4.69) is 27.9 Å². The van der Waals surface area contributed by atoms with Gasteiger partial charge in [-0.2, -0.15) is 0 Å². The number of anilines is 1. The second-order valence-corrected chi connectivity index (χ2v) is 5.19. The van der Waals surface area contributed by atoms with Gasteiger partial charge < -0.3 is 14.8 Å². The van der Waals surface area contributed by atoms with Crippen LogP contribution < -0.4 is 5.32 Å². The van der Waals surface area contributed by atoms with Crippen LogP contribution in [0.2, 0.25) is 5.02 Å². The molecule has 2 aromatic rings. The zero-order valence-electron chi connectivity index (χ0n) is 8.86. The highest BCUT2D eigenvalue weighted by atomic mass is 127. The molecule has 17 heavy (non-hydrogen) atoms. The molecule has 5 heteroatoms. The van der Waals surface area contributed by atoms with E-state index in [1.165, 1.54) is 6.26 Å². The van der Waals surface area contributed by atoms with E-state index in [1.54, 1.807) is 12.1 Å². The Morgan fingerprint density at radius 3 is 2.88 bits per heavy atom. The average Bonchev–Trinajstić information content (AvgIpc) is 2.81. The molecule has 1 heterocycles. The number of aliphatic hydroxyl groups is 1. The summed E-state index contributed by atoms with van der Waals surface area (Å²) in [6.45, 7) is 0.355. The Bertz CT molecular complexity index is 487. The van der Waals surface area contributed by atoms with E-state index in [9.17, 15) is 5.11 Å².